The molecule has 25 heavy (non-hydrogen) atoms. The Labute approximate surface area is 148 Å². The Kier molecular flexibility index (Phi) is 6.57. The van der Waals surface area contributed by atoms with Crippen LogP contribution in [0.3, 0.4) is 0 Å². The zero-order valence-corrected chi connectivity index (χ0v) is 14.9. The first-order chi connectivity index (χ1) is 12.1. The fourth-order valence-electron chi connectivity index (χ4n) is 2.58. The Morgan fingerprint density at radius 1 is 0.880 bits per heavy atom. The van der Waals surface area contributed by atoms with Crippen molar-refractivity contribution in [3.63, 3.8) is 0 Å². The third-order valence-electron chi connectivity index (χ3n) is 3.89. The van der Waals surface area contributed by atoms with E-state index in [0.29, 0.717) is 17.9 Å². The number of hydrogen-bond acceptors (Lipinski definition) is 3. The highest BCUT2D eigenvalue weighted by Gasteiger charge is 2.11. The monoisotopic (exact) mass is 340 g/mol. The molecule has 2 N–H and O–H groups in total. The molecular formula is C20H24N2O3. The van der Waals surface area contributed by atoms with Crippen molar-refractivity contribution in [1.29, 1.82) is 0 Å². The molecule has 0 radical (unpaired) electrons. The van der Waals surface area contributed by atoms with E-state index in [9.17, 15) is 9.59 Å². The summed E-state index contributed by atoms with van der Waals surface area (Å²) < 4.78 is 4.94. The molecule has 5 heteroatoms. The quantitative estimate of drug-likeness (QED) is 0.753. The summed E-state index contributed by atoms with van der Waals surface area (Å²) in [5.74, 6) is -0.372. The van der Waals surface area contributed by atoms with E-state index in [-0.39, 0.29) is 12.0 Å². The van der Waals surface area contributed by atoms with Crippen LogP contribution in [0.5, 0.6) is 0 Å². The van der Waals surface area contributed by atoms with E-state index in [4.69, 9.17) is 4.74 Å². The summed E-state index contributed by atoms with van der Waals surface area (Å²) in [6.07, 6.45) is 1.69. The molecule has 0 fully saturated rings. The average Bonchev–Trinajstić information content (AvgIpc) is 2.62. The zero-order valence-electron chi connectivity index (χ0n) is 14.9. The van der Waals surface area contributed by atoms with Crippen molar-refractivity contribution in [2.45, 2.75) is 33.6 Å². The number of carbonyl (C=O) groups is 2. The lowest BCUT2D eigenvalue weighted by Crippen LogP contribution is -2.21. The van der Waals surface area contributed by atoms with Gasteiger partial charge in [-0.2, -0.15) is 0 Å². The van der Waals surface area contributed by atoms with Gasteiger partial charge in [0.05, 0.1) is 12.2 Å². The van der Waals surface area contributed by atoms with E-state index in [2.05, 4.69) is 24.5 Å². The highest BCUT2D eigenvalue weighted by Crippen LogP contribution is 2.23. The summed E-state index contributed by atoms with van der Waals surface area (Å²) >= 11 is 0. The second-order valence-corrected chi connectivity index (χ2v) is 5.54. The van der Waals surface area contributed by atoms with E-state index in [0.717, 1.165) is 29.7 Å². The third kappa shape index (κ3) is 4.83. The Bertz CT molecular complexity index is 717. The standard InChI is InChI=1S/C20H24N2O3/c1-4-14-8-7-9-15(5-2)18(14)22-20(24)21-17-12-10-16(11-13-17)19(23)25-6-3/h7-13H,4-6H2,1-3H3,(H2,21,22,24). The van der Waals surface area contributed by atoms with Gasteiger partial charge in [-0.25, -0.2) is 9.59 Å². The number of benzene rings is 2. The fourth-order valence-corrected chi connectivity index (χ4v) is 2.58. The first-order valence-corrected chi connectivity index (χ1v) is 8.54. The van der Waals surface area contributed by atoms with Gasteiger partial charge >= 0.3 is 12.0 Å². The van der Waals surface area contributed by atoms with Crippen LogP contribution < -0.4 is 10.6 Å². The first-order valence-electron chi connectivity index (χ1n) is 8.54. The van der Waals surface area contributed by atoms with E-state index in [1.165, 1.54) is 0 Å². The van der Waals surface area contributed by atoms with Gasteiger partial charge in [-0.3, -0.25) is 0 Å². The Morgan fingerprint density at radius 2 is 1.48 bits per heavy atom. The van der Waals surface area contributed by atoms with Crippen molar-refractivity contribution >= 4 is 23.4 Å². The average molecular weight is 340 g/mol. The van der Waals surface area contributed by atoms with Crippen molar-refractivity contribution in [1.82, 2.24) is 0 Å². The molecule has 0 bridgehead atoms. The molecule has 0 saturated heterocycles. The molecule has 2 aromatic rings. The van der Waals surface area contributed by atoms with Gasteiger partial charge in [0, 0.05) is 11.4 Å². The van der Waals surface area contributed by atoms with Crippen LogP contribution in [-0.2, 0) is 17.6 Å². The van der Waals surface area contributed by atoms with Crippen molar-refractivity contribution in [2.75, 3.05) is 17.2 Å². The van der Waals surface area contributed by atoms with Crippen molar-refractivity contribution in [2.24, 2.45) is 0 Å². The molecule has 0 aliphatic rings. The minimum Gasteiger partial charge on any atom is -0.462 e. The summed E-state index contributed by atoms with van der Waals surface area (Å²) in [5, 5.41) is 5.73. The number of para-hydroxylation sites is 1. The van der Waals surface area contributed by atoms with Crippen LogP contribution in [-0.4, -0.2) is 18.6 Å². The van der Waals surface area contributed by atoms with Crippen molar-refractivity contribution < 1.29 is 14.3 Å². The summed E-state index contributed by atoms with van der Waals surface area (Å²) in [6, 6.07) is 12.4. The number of aryl methyl sites for hydroxylation is 2. The number of hydrogen-bond donors (Lipinski definition) is 2. The number of carbonyl (C=O) groups excluding carboxylic acids is 2. The largest absolute Gasteiger partial charge is 0.462 e. The number of ether oxygens (including phenoxy) is 1. The van der Waals surface area contributed by atoms with Gasteiger partial charge in [0.1, 0.15) is 0 Å². The Hall–Kier alpha value is -2.82. The first kappa shape index (κ1) is 18.5. The lowest BCUT2D eigenvalue weighted by Gasteiger charge is -2.15. The summed E-state index contributed by atoms with van der Waals surface area (Å²) in [7, 11) is 0. The second-order valence-electron chi connectivity index (χ2n) is 5.54. The second kappa shape index (κ2) is 8.87. The molecule has 0 aliphatic heterocycles. The molecule has 132 valence electrons. The van der Waals surface area contributed by atoms with Crippen LogP contribution in [0.4, 0.5) is 16.2 Å². The van der Waals surface area contributed by atoms with E-state index in [1.807, 2.05) is 18.2 Å². The highest BCUT2D eigenvalue weighted by atomic mass is 16.5. The number of anilines is 2. The highest BCUT2D eigenvalue weighted by molar-refractivity contribution is 6.01. The smallest absolute Gasteiger partial charge is 0.338 e. The molecule has 0 saturated carbocycles. The zero-order chi connectivity index (χ0) is 18.2. The maximum Gasteiger partial charge on any atom is 0.338 e. The molecular weight excluding hydrogens is 316 g/mol. The SMILES string of the molecule is CCOC(=O)c1ccc(NC(=O)Nc2c(CC)cccc2CC)cc1. The molecule has 2 amide bonds. The van der Waals surface area contributed by atoms with Gasteiger partial charge in [0.2, 0.25) is 0 Å². The normalized spacial score (nSPS) is 10.2. The topological polar surface area (TPSA) is 67.4 Å². The van der Waals surface area contributed by atoms with Crippen LogP contribution >= 0.6 is 0 Å². The Balaban J connectivity index is 2.07. The molecule has 0 aliphatic carbocycles. The molecule has 0 spiro atoms. The predicted octanol–water partition coefficient (Wildman–Crippen LogP) is 4.63. The van der Waals surface area contributed by atoms with Crippen LogP contribution in [0.2, 0.25) is 0 Å². The lowest BCUT2D eigenvalue weighted by molar-refractivity contribution is 0.0526. The Morgan fingerprint density at radius 3 is 2.00 bits per heavy atom. The van der Waals surface area contributed by atoms with Crippen molar-refractivity contribution in [3.05, 3.63) is 59.2 Å². The molecule has 0 aromatic heterocycles. The van der Waals surface area contributed by atoms with Gasteiger partial charge in [-0.1, -0.05) is 32.0 Å². The van der Waals surface area contributed by atoms with Crippen LogP contribution in [0.25, 0.3) is 0 Å². The lowest BCUT2D eigenvalue weighted by atomic mass is 10.0. The fraction of sp³-hybridized carbons (Fsp3) is 0.300. The molecule has 0 atom stereocenters. The number of nitrogens with one attached hydrogen (secondary N) is 2. The third-order valence-corrected chi connectivity index (χ3v) is 3.89. The van der Waals surface area contributed by atoms with Gasteiger partial charge in [0.15, 0.2) is 0 Å². The van der Waals surface area contributed by atoms with Crippen LogP contribution in [0.1, 0.15) is 42.3 Å². The van der Waals surface area contributed by atoms with Gasteiger partial charge in [-0.05, 0) is 55.2 Å². The predicted molar refractivity (Wildman–Crippen MR) is 100 cm³/mol. The van der Waals surface area contributed by atoms with Gasteiger partial charge < -0.3 is 15.4 Å². The summed E-state index contributed by atoms with van der Waals surface area (Å²) in [6.45, 7) is 6.21. The molecule has 0 heterocycles. The molecule has 5 nitrogen and oxygen atoms in total. The van der Waals surface area contributed by atoms with Crippen LogP contribution in [0, 0.1) is 0 Å². The van der Waals surface area contributed by atoms with E-state index in [1.54, 1.807) is 31.2 Å². The maximum atomic E-state index is 12.3. The van der Waals surface area contributed by atoms with Crippen molar-refractivity contribution in [3.8, 4) is 0 Å². The minimum atomic E-state index is -0.372. The number of urea groups is 1. The maximum absolute atomic E-state index is 12.3. The molecule has 2 aromatic carbocycles. The number of amides is 2. The molecule has 2 rings (SSSR count). The van der Waals surface area contributed by atoms with Gasteiger partial charge in [0.25, 0.3) is 0 Å². The number of esters is 1. The van der Waals surface area contributed by atoms with E-state index < -0.39 is 0 Å². The van der Waals surface area contributed by atoms with E-state index >= 15 is 0 Å². The van der Waals surface area contributed by atoms with Gasteiger partial charge in [-0.15, -0.1) is 0 Å². The summed E-state index contributed by atoms with van der Waals surface area (Å²) in [4.78, 5) is 24.0. The summed E-state index contributed by atoms with van der Waals surface area (Å²) in [5.41, 5.74) is 4.14. The molecule has 0 unspecified atom stereocenters. The van der Waals surface area contributed by atoms with Crippen LogP contribution in [0.15, 0.2) is 42.5 Å². The minimum absolute atomic E-state index is 0.306. The number of rotatable bonds is 6.